The molecule has 1 atom stereocenters. The molecular formula is C17H16FN5O3. The number of benzene rings is 1. The Hall–Kier alpha value is -3.36. The molecule has 9 heteroatoms. The molecule has 0 aliphatic rings. The first-order valence-electron chi connectivity index (χ1n) is 7.81. The fourth-order valence-corrected chi connectivity index (χ4v) is 2.74. The van der Waals surface area contributed by atoms with Crippen LogP contribution in [0, 0.1) is 5.82 Å². The summed E-state index contributed by atoms with van der Waals surface area (Å²) in [5.74, 6) is -3.36. The third-order valence-corrected chi connectivity index (χ3v) is 4.12. The van der Waals surface area contributed by atoms with Gasteiger partial charge in [-0.3, -0.25) is 9.78 Å². The number of fused-ring (bicyclic) bond motifs is 1. The number of rotatable bonds is 4. The van der Waals surface area contributed by atoms with Crippen LogP contribution in [-0.4, -0.2) is 41.9 Å². The summed E-state index contributed by atoms with van der Waals surface area (Å²) in [6.07, 6.45) is 1.39. The van der Waals surface area contributed by atoms with Crippen LogP contribution in [0.25, 0.3) is 11.0 Å². The predicted molar refractivity (Wildman–Crippen MR) is 89.3 cm³/mol. The summed E-state index contributed by atoms with van der Waals surface area (Å²) in [5.41, 5.74) is 2.07. The number of halogens is 1. The van der Waals surface area contributed by atoms with E-state index < -0.39 is 23.7 Å². The van der Waals surface area contributed by atoms with Crippen LogP contribution in [0.2, 0.25) is 0 Å². The van der Waals surface area contributed by atoms with E-state index in [9.17, 15) is 14.0 Å². The lowest BCUT2D eigenvalue weighted by molar-refractivity contribution is -0.157. The average Bonchev–Trinajstić information content (AvgIpc) is 2.99. The fourth-order valence-electron chi connectivity index (χ4n) is 2.74. The zero-order valence-corrected chi connectivity index (χ0v) is 14.1. The van der Waals surface area contributed by atoms with Crippen molar-refractivity contribution in [3.63, 3.8) is 0 Å². The van der Waals surface area contributed by atoms with Crippen molar-refractivity contribution in [1.82, 2.24) is 24.9 Å². The molecule has 0 fully saturated rings. The Labute approximate surface area is 147 Å². The van der Waals surface area contributed by atoms with Crippen molar-refractivity contribution in [3.05, 3.63) is 53.6 Å². The van der Waals surface area contributed by atoms with Crippen LogP contribution in [0.4, 0.5) is 4.39 Å². The molecule has 8 nitrogen and oxygen atoms in total. The van der Waals surface area contributed by atoms with Gasteiger partial charge in [0, 0.05) is 19.8 Å². The molecule has 0 radical (unpaired) electrons. The lowest BCUT2D eigenvalue weighted by Crippen LogP contribution is -2.38. The number of carbonyl (C=O) groups is 2. The van der Waals surface area contributed by atoms with Gasteiger partial charge in [-0.2, -0.15) is 0 Å². The number of aryl methyl sites for hydroxylation is 1. The number of carbonyl (C=O) groups excluding carboxylic acids is 1. The molecule has 0 saturated heterocycles. The van der Waals surface area contributed by atoms with Gasteiger partial charge in [0.15, 0.2) is 0 Å². The number of pyridine rings is 1. The van der Waals surface area contributed by atoms with E-state index in [1.165, 1.54) is 25.3 Å². The largest absolute Gasteiger partial charge is 0.474 e. The van der Waals surface area contributed by atoms with Crippen LogP contribution in [0.15, 0.2) is 36.5 Å². The summed E-state index contributed by atoms with van der Waals surface area (Å²) in [6, 6.07) is 7.02. The first-order valence-corrected chi connectivity index (χ1v) is 7.81. The Balaban J connectivity index is 1.96. The van der Waals surface area contributed by atoms with Gasteiger partial charge in [0.2, 0.25) is 0 Å². The molecule has 0 saturated carbocycles. The quantitative estimate of drug-likeness (QED) is 0.713. The van der Waals surface area contributed by atoms with Crippen LogP contribution >= 0.6 is 0 Å². The highest BCUT2D eigenvalue weighted by molar-refractivity contribution is 6.31. The molecule has 0 bridgehead atoms. The van der Waals surface area contributed by atoms with Crippen molar-refractivity contribution in [2.24, 2.45) is 7.05 Å². The lowest BCUT2D eigenvalue weighted by Gasteiger charge is -2.27. The smallest absolute Gasteiger partial charge is 0.394 e. The number of aliphatic carboxylic acids is 1. The van der Waals surface area contributed by atoms with Gasteiger partial charge in [-0.15, -0.1) is 5.10 Å². The summed E-state index contributed by atoms with van der Waals surface area (Å²) >= 11 is 0. The number of carboxylic acids is 1. The highest BCUT2D eigenvalue weighted by Crippen LogP contribution is 2.24. The highest BCUT2D eigenvalue weighted by atomic mass is 19.1. The van der Waals surface area contributed by atoms with Crippen LogP contribution in [0.5, 0.6) is 0 Å². The SMILES string of the molecule is CC(c1ncccc1F)N(Cc1ccc2c(c1)nnn2C)C(=O)C(=O)O. The van der Waals surface area contributed by atoms with Gasteiger partial charge < -0.3 is 10.0 Å². The molecule has 26 heavy (non-hydrogen) atoms. The van der Waals surface area contributed by atoms with Crippen molar-refractivity contribution in [3.8, 4) is 0 Å². The maximum absolute atomic E-state index is 14.0. The number of amides is 1. The Morgan fingerprint density at radius 2 is 2.12 bits per heavy atom. The second-order valence-electron chi connectivity index (χ2n) is 5.82. The average molecular weight is 357 g/mol. The predicted octanol–water partition coefficient (Wildman–Crippen LogP) is 1.68. The number of nitrogens with zero attached hydrogens (tertiary/aromatic N) is 5. The monoisotopic (exact) mass is 357 g/mol. The number of hydrogen-bond donors (Lipinski definition) is 1. The molecular weight excluding hydrogens is 341 g/mol. The van der Waals surface area contributed by atoms with Gasteiger partial charge in [-0.05, 0) is 36.8 Å². The lowest BCUT2D eigenvalue weighted by atomic mass is 10.1. The number of aromatic nitrogens is 4. The Kier molecular flexibility index (Phi) is 4.61. The normalized spacial score (nSPS) is 12.1. The molecule has 134 valence electrons. The van der Waals surface area contributed by atoms with Gasteiger partial charge in [0.1, 0.15) is 11.3 Å². The minimum Gasteiger partial charge on any atom is -0.474 e. The molecule has 1 N–H and O–H groups in total. The highest BCUT2D eigenvalue weighted by Gasteiger charge is 2.29. The summed E-state index contributed by atoms with van der Waals surface area (Å²) < 4.78 is 15.6. The van der Waals surface area contributed by atoms with Gasteiger partial charge >= 0.3 is 11.9 Å². The Morgan fingerprint density at radius 3 is 2.81 bits per heavy atom. The summed E-state index contributed by atoms with van der Waals surface area (Å²) in [6.45, 7) is 1.50. The van der Waals surface area contributed by atoms with Crippen LogP contribution in [-0.2, 0) is 23.2 Å². The van der Waals surface area contributed by atoms with E-state index in [1.807, 2.05) is 0 Å². The van der Waals surface area contributed by atoms with Crippen molar-refractivity contribution < 1.29 is 19.1 Å². The third kappa shape index (κ3) is 3.23. The fraction of sp³-hybridized carbons (Fsp3) is 0.235. The van der Waals surface area contributed by atoms with E-state index in [2.05, 4.69) is 15.3 Å². The van der Waals surface area contributed by atoms with E-state index in [0.717, 1.165) is 10.4 Å². The molecule has 1 aromatic carbocycles. The molecule has 0 aliphatic carbocycles. The molecule has 0 spiro atoms. The first-order chi connectivity index (χ1) is 12.4. The molecule has 3 rings (SSSR count). The minimum atomic E-state index is -1.62. The van der Waals surface area contributed by atoms with Gasteiger partial charge in [0.05, 0.1) is 17.3 Å². The van der Waals surface area contributed by atoms with E-state index in [-0.39, 0.29) is 12.2 Å². The van der Waals surface area contributed by atoms with Crippen molar-refractivity contribution in [2.45, 2.75) is 19.5 Å². The zero-order chi connectivity index (χ0) is 18.8. The molecule has 1 amide bonds. The van der Waals surface area contributed by atoms with Crippen molar-refractivity contribution >= 4 is 22.9 Å². The second kappa shape index (κ2) is 6.87. The van der Waals surface area contributed by atoms with Crippen molar-refractivity contribution in [1.29, 1.82) is 0 Å². The zero-order valence-electron chi connectivity index (χ0n) is 14.1. The van der Waals surface area contributed by atoms with E-state index in [0.29, 0.717) is 11.1 Å². The molecule has 2 aromatic heterocycles. The maximum Gasteiger partial charge on any atom is 0.394 e. The van der Waals surface area contributed by atoms with Gasteiger partial charge in [-0.25, -0.2) is 13.9 Å². The third-order valence-electron chi connectivity index (χ3n) is 4.12. The molecule has 1 unspecified atom stereocenters. The van der Waals surface area contributed by atoms with Crippen LogP contribution in [0.3, 0.4) is 0 Å². The molecule has 0 aliphatic heterocycles. The molecule has 2 heterocycles. The van der Waals surface area contributed by atoms with Crippen LogP contribution in [0.1, 0.15) is 24.2 Å². The molecule has 3 aromatic rings. The Morgan fingerprint density at radius 1 is 1.35 bits per heavy atom. The standard InChI is InChI=1S/C17H16FN5O3/c1-10(15-12(18)4-3-7-19-15)23(16(24)17(25)26)9-11-5-6-14-13(8-11)20-21-22(14)2/h3-8,10H,9H2,1-2H3,(H,25,26). The summed E-state index contributed by atoms with van der Waals surface area (Å²) in [7, 11) is 1.75. The van der Waals surface area contributed by atoms with E-state index in [1.54, 1.807) is 29.9 Å². The first kappa shape index (κ1) is 17.5. The Bertz CT molecular complexity index is 987. The van der Waals surface area contributed by atoms with Crippen LogP contribution < -0.4 is 0 Å². The van der Waals surface area contributed by atoms with Crippen molar-refractivity contribution in [2.75, 3.05) is 0 Å². The topological polar surface area (TPSA) is 101 Å². The maximum atomic E-state index is 14.0. The van der Waals surface area contributed by atoms with Gasteiger partial charge in [-0.1, -0.05) is 11.3 Å². The summed E-state index contributed by atoms with van der Waals surface area (Å²) in [5, 5.41) is 17.0. The minimum absolute atomic E-state index is 0.00248. The summed E-state index contributed by atoms with van der Waals surface area (Å²) in [4.78, 5) is 28.4. The van der Waals surface area contributed by atoms with Gasteiger partial charge in [0.25, 0.3) is 0 Å². The number of carboxylic acid groups (broad SMARTS) is 1. The second-order valence-corrected chi connectivity index (χ2v) is 5.82. The number of hydrogen-bond acceptors (Lipinski definition) is 5. The van der Waals surface area contributed by atoms with E-state index >= 15 is 0 Å². The van der Waals surface area contributed by atoms with E-state index in [4.69, 9.17) is 5.11 Å².